The van der Waals surface area contributed by atoms with Crippen molar-refractivity contribution in [2.75, 3.05) is 13.1 Å². The van der Waals surface area contributed by atoms with Gasteiger partial charge in [-0.15, -0.1) is 0 Å². The van der Waals surface area contributed by atoms with Gasteiger partial charge in [-0.1, -0.05) is 42.5 Å². The molecule has 0 bridgehead atoms. The highest BCUT2D eigenvalue weighted by Crippen LogP contribution is 2.22. The van der Waals surface area contributed by atoms with Crippen LogP contribution in [0.4, 0.5) is 0 Å². The van der Waals surface area contributed by atoms with Crippen LogP contribution in [0.1, 0.15) is 18.4 Å². The zero-order chi connectivity index (χ0) is 13.9. The Bertz CT molecular complexity index is 612. The van der Waals surface area contributed by atoms with E-state index in [1.54, 1.807) is 0 Å². The van der Waals surface area contributed by atoms with Crippen LogP contribution in [0.5, 0.6) is 0 Å². The number of carboxylic acid groups (broad SMARTS) is 1. The van der Waals surface area contributed by atoms with Gasteiger partial charge < -0.3 is 5.11 Å². The smallest absolute Gasteiger partial charge is 0.321 e. The highest BCUT2D eigenvalue weighted by Gasteiger charge is 2.28. The second-order valence-electron chi connectivity index (χ2n) is 5.44. The Labute approximate surface area is 118 Å². The molecule has 0 aromatic heterocycles. The molecule has 2 aromatic carbocycles. The Kier molecular flexibility index (Phi) is 3.70. The molecule has 0 radical (unpaired) electrons. The predicted octanol–water partition coefficient (Wildman–Crippen LogP) is 2.93. The van der Waals surface area contributed by atoms with E-state index in [4.69, 9.17) is 0 Å². The van der Waals surface area contributed by atoms with E-state index in [1.165, 1.54) is 10.8 Å². The van der Waals surface area contributed by atoms with Crippen LogP contribution in [0.15, 0.2) is 42.5 Å². The van der Waals surface area contributed by atoms with Crippen molar-refractivity contribution in [1.82, 2.24) is 4.90 Å². The first-order valence-corrected chi connectivity index (χ1v) is 7.19. The summed E-state index contributed by atoms with van der Waals surface area (Å²) in [6.07, 6.45) is 2.80. The lowest BCUT2D eigenvalue weighted by atomic mass is 9.98. The molecule has 1 N–H and O–H groups in total. The molecule has 0 amide bonds. The number of aliphatic carboxylic acids is 1. The summed E-state index contributed by atoms with van der Waals surface area (Å²) in [5.41, 5.74) is 1.13. The summed E-state index contributed by atoms with van der Waals surface area (Å²) < 4.78 is 0. The third-order valence-corrected chi connectivity index (χ3v) is 4.16. The van der Waals surface area contributed by atoms with E-state index < -0.39 is 12.0 Å². The molecule has 3 heteroatoms. The standard InChI is InChI=1S/C17H19NO2/c19-17(20)16(18-10-3-4-11-18)12-14-8-5-7-13-6-1-2-9-15(13)14/h1-2,5-9,16H,3-4,10-12H2,(H,19,20)/t16-/m0/s1. The summed E-state index contributed by atoms with van der Waals surface area (Å²) >= 11 is 0. The Hall–Kier alpha value is -1.87. The van der Waals surface area contributed by atoms with Crippen LogP contribution >= 0.6 is 0 Å². The van der Waals surface area contributed by atoms with Crippen molar-refractivity contribution in [2.45, 2.75) is 25.3 Å². The Morgan fingerprint density at radius 3 is 2.55 bits per heavy atom. The zero-order valence-electron chi connectivity index (χ0n) is 11.5. The van der Waals surface area contributed by atoms with Gasteiger partial charge in [0.05, 0.1) is 0 Å². The lowest BCUT2D eigenvalue weighted by Gasteiger charge is -2.24. The first-order chi connectivity index (χ1) is 9.75. The van der Waals surface area contributed by atoms with Gasteiger partial charge in [0.2, 0.25) is 0 Å². The normalized spacial score (nSPS) is 17.4. The van der Waals surface area contributed by atoms with Crippen molar-refractivity contribution >= 4 is 16.7 Å². The topological polar surface area (TPSA) is 40.5 Å². The fraction of sp³-hybridized carbons (Fsp3) is 0.353. The predicted molar refractivity (Wildman–Crippen MR) is 79.9 cm³/mol. The Balaban J connectivity index is 1.92. The number of hydrogen-bond acceptors (Lipinski definition) is 2. The van der Waals surface area contributed by atoms with Gasteiger partial charge in [0.15, 0.2) is 0 Å². The van der Waals surface area contributed by atoms with E-state index in [0.29, 0.717) is 6.42 Å². The molecular formula is C17H19NO2. The van der Waals surface area contributed by atoms with Crippen LogP contribution in [-0.4, -0.2) is 35.1 Å². The number of carbonyl (C=O) groups is 1. The largest absolute Gasteiger partial charge is 0.480 e. The Morgan fingerprint density at radius 1 is 1.10 bits per heavy atom. The van der Waals surface area contributed by atoms with Gasteiger partial charge in [-0.2, -0.15) is 0 Å². The van der Waals surface area contributed by atoms with E-state index in [2.05, 4.69) is 23.1 Å². The molecule has 3 rings (SSSR count). The van der Waals surface area contributed by atoms with E-state index in [0.717, 1.165) is 31.5 Å². The average Bonchev–Trinajstić information content (AvgIpc) is 2.98. The highest BCUT2D eigenvalue weighted by molar-refractivity contribution is 5.86. The molecule has 0 saturated carbocycles. The van der Waals surface area contributed by atoms with Crippen LogP contribution < -0.4 is 0 Å². The van der Waals surface area contributed by atoms with Crippen LogP contribution in [0.3, 0.4) is 0 Å². The molecule has 3 nitrogen and oxygen atoms in total. The second-order valence-corrected chi connectivity index (χ2v) is 5.44. The van der Waals surface area contributed by atoms with Crippen molar-refractivity contribution in [3.63, 3.8) is 0 Å². The van der Waals surface area contributed by atoms with Gasteiger partial charge in [-0.05, 0) is 48.7 Å². The summed E-state index contributed by atoms with van der Waals surface area (Å²) in [4.78, 5) is 13.7. The third-order valence-electron chi connectivity index (χ3n) is 4.16. The maximum absolute atomic E-state index is 11.6. The van der Waals surface area contributed by atoms with Crippen LogP contribution in [0.25, 0.3) is 10.8 Å². The molecule has 1 aliphatic rings. The second kappa shape index (κ2) is 5.63. The fourth-order valence-electron chi connectivity index (χ4n) is 3.10. The van der Waals surface area contributed by atoms with E-state index >= 15 is 0 Å². The molecule has 1 fully saturated rings. The molecule has 0 spiro atoms. The number of hydrogen-bond donors (Lipinski definition) is 1. The molecule has 1 heterocycles. The van der Waals surface area contributed by atoms with Crippen molar-refractivity contribution in [1.29, 1.82) is 0 Å². The Morgan fingerprint density at radius 2 is 1.80 bits per heavy atom. The van der Waals surface area contributed by atoms with Crippen LogP contribution in [-0.2, 0) is 11.2 Å². The first kappa shape index (κ1) is 13.1. The minimum atomic E-state index is -0.708. The van der Waals surface area contributed by atoms with E-state index in [1.807, 2.05) is 24.3 Å². The van der Waals surface area contributed by atoms with E-state index in [9.17, 15) is 9.90 Å². The van der Waals surface area contributed by atoms with Gasteiger partial charge in [0.25, 0.3) is 0 Å². The summed E-state index contributed by atoms with van der Waals surface area (Å²) in [7, 11) is 0. The van der Waals surface area contributed by atoms with Crippen molar-refractivity contribution < 1.29 is 9.90 Å². The number of rotatable bonds is 4. The maximum Gasteiger partial charge on any atom is 0.321 e. The molecule has 1 saturated heterocycles. The molecule has 104 valence electrons. The molecule has 20 heavy (non-hydrogen) atoms. The summed E-state index contributed by atoms with van der Waals surface area (Å²) in [6, 6.07) is 13.9. The lowest BCUT2D eigenvalue weighted by Crippen LogP contribution is -2.40. The fourth-order valence-corrected chi connectivity index (χ4v) is 3.10. The minimum Gasteiger partial charge on any atom is -0.480 e. The zero-order valence-corrected chi connectivity index (χ0v) is 11.5. The number of benzene rings is 2. The quantitative estimate of drug-likeness (QED) is 0.927. The lowest BCUT2D eigenvalue weighted by molar-refractivity contribution is -0.142. The summed E-state index contributed by atoms with van der Waals surface area (Å²) in [5, 5.41) is 11.9. The van der Waals surface area contributed by atoms with Crippen LogP contribution in [0, 0.1) is 0 Å². The minimum absolute atomic E-state index is 0.400. The van der Waals surface area contributed by atoms with Crippen molar-refractivity contribution in [3.05, 3.63) is 48.0 Å². The molecule has 1 atom stereocenters. The molecule has 2 aromatic rings. The third kappa shape index (κ3) is 2.54. The monoisotopic (exact) mass is 269 g/mol. The number of nitrogens with zero attached hydrogens (tertiary/aromatic N) is 1. The van der Waals surface area contributed by atoms with Gasteiger partial charge in [0.1, 0.15) is 6.04 Å². The maximum atomic E-state index is 11.6. The first-order valence-electron chi connectivity index (χ1n) is 7.19. The van der Waals surface area contributed by atoms with Crippen molar-refractivity contribution in [3.8, 4) is 0 Å². The number of likely N-dealkylation sites (tertiary alicyclic amines) is 1. The summed E-state index contributed by atoms with van der Waals surface area (Å²) in [5.74, 6) is -0.708. The molecular weight excluding hydrogens is 250 g/mol. The van der Waals surface area contributed by atoms with E-state index in [-0.39, 0.29) is 0 Å². The highest BCUT2D eigenvalue weighted by atomic mass is 16.4. The van der Waals surface area contributed by atoms with Crippen LogP contribution in [0.2, 0.25) is 0 Å². The van der Waals surface area contributed by atoms with Crippen molar-refractivity contribution in [2.24, 2.45) is 0 Å². The number of fused-ring (bicyclic) bond motifs is 1. The summed E-state index contributed by atoms with van der Waals surface area (Å²) in [6.45, 7) is 1.81. The SMILES string of the molecule is O=C(O)[C@H](Cc1cccc2ccccc12)N1CCCC1. The van der Waals surface area contributed by atoms with Gasteiger partial charge in [0, 0.05) is 0 Å². The molecule has 0 unspecified atom stereocenters. The number of carboxylic acids is 1. The van der Waals surface area contributed by atoms with Gasteiger partial charge in [-0.25, -0.2) is 0 Å². The van der Waals surface area contributed by atoms with Gasteiger partial charge >= 0.3 is 5.97 Å². The molecule has 1 aliphatic heterocycles. The average molecular weight is 269 g/mol. The molecule has 0 aliphatic carbocycles. The van der Waals surface area contributed by atoms with Gasteiger partial charge in [-0.3, -0.25) is 9.69 Å².